The van der Waals surface area contributed by atoms with Gasteiger partial charge < -0.3 is 13.9 Å². The molecule has 0 aliphatic heterocycles. The Labute approximate surface area is 155 Å². The molecule has 3 aromatic rings. The third-order valence-electron chi connectivity index (χ3n) is 3.56. The van der Waals surface area contributed by atoms with E-state index < -0.39 is 18.5 Å². The minimum absolute atomic E-state index is 0.0516. The summed E-state index contributed by atoms with van der Waals surface area (Å²) in [7, 11) is 1.56. The Bertz CT molecular complexity index is 907. The van der Waals surface area contributed by atoms with Crippen LogP contribution in [-0.4, -0.2) is 35.8 Å². The van der Waals surface area contributed by atoms with Crippen LogP contribution in [0.1, 0.15) is 5.56 Å². The van der Waals surface area contributed by atoms with Crippen molar-refractivity contribution < 1.29 is 23.5 Å². The number of hydrogen-bond donors (Lipinski definition) is 1. The highest BCUT2D eigenvalue weighted by Gasteiger charge is 2.13. The van der Waals surface area contributed by atoms with Gasteiger partial charge in [-0.3, -0.25) is 14.9 Å². The maximum Gasteiger partial charge on any atom is 0.322 e. The minimum Gasteiger partial charge on any atom is -0.497 e. The first kappa shape index (κ1) is 18.1. The fraction of sp³-hybridized carbons (Fsp3) is 0.158. The Kier molecular flexibility index (Phi) is 5.78. The molecule has 3 rings (SSSR count). The third-order valence-corrected chi connectivity index (χ3v) is 3.56. The van der Waals surface area contributed by atoms with Crippen LogP contribution in [0.5, 0.6) is 5.75 Å². The maximum absolute atomic E-state index is 11.9. The summed E-state index contributed by atoms with van der Waals surface area (Å²) < 4.78 is 15.4. The fourth-order valence-electron chi connectivity index (χ4n) is 2.23. The highest BCUT2D eigenvalue weighted by atomic mass is 16.5. The summed E-state index contributed by atoms with van der Waals surface area (Å²) in [5.41, 5.74) is 1.49. The second-order valence-corrected chi connectivity index (χ2v) is 5.51. The topological polar surface area (TPSA) is 104 Å². The van der Waals surface area contributed by atoms with E-state index in [-0.39, 0.29) is 18.3 Å². The predicted octanol–water partition coefficient (Wildman–Crippen LogP) is 2.47. The molecule has 0 unspecified atom stereocenters. The summed E-state index contributed by atoms with van der Waals surface area (Å²) in [4.78, 5) is 23.7. The van der Waals surface area contributed by atoms with Crippen LogP contribution in [0, 0.1) is 0 Å². The quantitative estimate of drug-likeness (QED) is 0.640. The Morgan fingerprint density at radius 2 is 1.78 bits per heavy atom. The predicted molar refractivity (Wildman–Crippen MR) is 96.0 cm³/mol. The van der Waals surface area contributed by atoms with E-state index in [2.05, 4.69) is 15.5 Å². The molecule has 27 heavy (non-hydrogen) atoms. The molecule has 0 aliphatic carbocycles. The molecule has 0 atom stereocenters. The van der Waals surface area contributed by atoms with E-state index >= 15 is 0 Å². The number of nitrogens with one attached hydrogen (secondary N) is 1. The van der Waals surface area contributed by atoms with E-state index in [0.29, 0.717) is 5.75 Å². The van der Waals surface area contributed by atoms with Crippen molar-refractivity contribution in [1.29, 1.82) is 0 Å². The molecule has 0 saturated heterocycles. The number of anilines is 1. The van der Waals surface area contributed by atoms with Gasteiger partial charge in [0.25, 0.3) is 5.91 Å². The molecule has 2 aromatic carbocycles. The van der Waals surface area contributed by atoms with Crippen LogP contribution in [0.4, 0.5) is 6.01 Å². The Balaban J connectivity index is 1.46. The molecular weight excluding hydrogens is 350 g/mol. The smallest absolute Gasteiger partial charge is 0.322 e. The molecule has 1 amide bonds. The summed E-state index contributed by atoms with van der Waals surface area (Å²) in [6, 6.07) is 16.1. The first-order valence-corrected chi connectivity index (χ1v) is 8.11. The maximum atomic E-state index is 11.9. The molecule has 0 aliphatic rings. The van der Waals surface area contributed by atoms with Crippen molar-refractivity contribution in [2.75, 3.05) is 19.0 Å². The van der Waals surface area contributed by atoms with E-state index in [0.717, 1.165) is 11.1 Å². The van der Waals surface area contributed by atoms with Crippen molar-refractivity contribution >= 4 is 17.9 Å². The van der Waals surface area contributed by atoms with E-state index in [1.54, 1.807) is 43.5 Å². The van der Waals surface area contributed by atoms with Gasteiger partial charge in [-0.15, -0.1) is 5.10 Å². The van der Waals surface area contributed by atoms with Crippen LogP contribution in [0.25, 0.3) is 11.5 Å². The van der Waals surface area contributed by atoms with Crippen molar-refractivity contribution in [2.24, 2.45) is 0 Å². The van der Waals surface area contributed by atoms with Crippen LogP contribution in [-0.2, 0) is 20.7 Å². The summed E-state index contributed by atoms with van der Waals surface area (Å²) in [6.07, 6.45) is 0.0516. The fourth-order valence-corrected chi connectivity index (χ4v) is 2.23. The van der Waals surface area contributed by atoms with E-state index in [1.807, 2.05) is 18.2 Å². The standard InChI is InChI=1S/C19H17N3O5/c1-25-15-9-7-13(8-10-15)11-17(24)26-12-16(23)20-19-22-21-18(27-19)14-5-3-2-4-6-14/h2-10H,11-12H2,1H3,(H,20,22,23). The Hall–Kier alpha value is -3.68. The number of carbonyl (C=O) groups is 2. The first-order chi connectivity index (χ1) is 13.1. The van der Waals surface area contributed by atoms with Crippen molar-refractivity contribution in [3.63, 3.8) is 0 Å². The molecule has 0 saturated carbocycles. The molecular formula is C19H17N3O5. The van der Waals surface area contributed by atoms with Gasteiger partial charge in [-0.1, -0.05) is 35.4 Å². The zero-order valence-electron chi connectivity index (χ0n) is 14.5. The first-order valence-electron chi connectivity index (χ1n) is 8.11. The molecule has 8 nitrogen and oxygen atoms in total. The summed E-state index contributed by atoms with van der Waals surface area (Å²) in [5, 5.41) is 9.99. The largest absolute Gasteiger partial charge is 0.497 e. The van der Waals surface area contributed by atoms with Gasteiger partial charge in [-0.05, 0) is 29.8 Å². The van der Waals surface area contributed by atoms with Gasteiger partial charge in [0.1, 0.15) is 5.75 Å². The lowest BCUT2D eigenvalue weighted by Crippen LogP contribution is -2.21. The zero-order chi connectivity index (χ0) is 19.1. The number of hydrogen-bond acceptors (Lipinski definition) is 7. The van der Waals surface area contributed by atoms with Gasteiger partial charge in [-0.2, -0.15) is 0 Å². The van der Waals surface area contributed by atoms with Crippen LogP contribution in [0.2, 0.25) is 0 Å². The number of amides is 1. The summed E-state index contributed by atoms with van der Waals surface area (Å²) in [6.45, 7) is -0.446. The highest BCUT2D eigenvalue weighted by molar-refractivity contribution is 5.91. The number of rotatable bonds is 7. The minimum atomic E-state index is -0.568. The zero-order valence-corrected chi connectivity index (χ0v) is 14.5. The number of ether oxygens (including phenoxy) is 2. The second kappa shape index (κ2) is 8.61. The molecule has 1 aromatic heterocycles. The molecule has 8 heteroatoms. The Morgan fingerprint density at radius 1 is 1.04 bits per heavy atom. The Morgan fingerprint density at radius 3 is 2.48 bits per heavy atom. The van der Waals surface area contributed by atoms with Crippen LogP contribution < -0.4 is 10.1 Å². The number of benzene rings is 2. The molecule has 0 spiro atoms. The average Bonchev–Trinajstić information content (AvgIpc) is 3.16. The van der Waals surface area contributed by atoms with Gasteiger partial charge in [0.15, 0.2) is 6.61 Å². The number of esters is 1. The van der Waals surface area contributed by atoms with Gasteiger partial charge in [0.2, 0.25) is 5.89 Å². The molecule has 138 valence electrons. The van der Waals surface area contributed by atoms with Crippen LogP contribution >= 0.6 is 0 Å². The van der Waals surface area contributed by atoms with Crippen molar-refractivity contribution in [3.8, 4) is 17.2 Å². The number of aromatic nitrogens is 2. The number of carbonyl (C=O) groups excluding carboxylic acids is 2. The molecule has 1 heterocycles. The normalized spacial score (nSPS) is 10.3. The van der Waals surface area contributed by atoms with Crippen LogP contribution in [0.3, 0.4) is 0 Å². The van der Waals surface area contributed by atoms with E-state index in [1.165, 1.54) is 0 Å². The molecule has 0 fully saturated rings. The van der Waals surface area contributed by atoms with E-state index in [9.17, 15) is 9.59 Å². The van der Waals surface area contributed by atoms with Crippen LogP contribution in [0.15, 0.2) is 59.0 Å². The van der Waals surface area contributed by atoms with E-state index in [4.69, 9.17) is 13.9 Å². The molecule has 0 bridgehead atoms. The van der Waals surface area contributed by atoms with Crippen molar-refractivity contribution in [3.05, 3.63) is 60.2 Å². The second-order valence-electron chi connectivity index (χ2n) is 5.51. The van der Waals surface area contributed by atoms with Gasteiger partial charge in [0, 0.05) is 5.56 Å². The van der Waals surface area contributed by atoms with Gasteiger partial charge >= 0.3 is 12.0 Å². The lowest BCUT2D eigenvalue weighted by atomic mass is 10.1. The highest BCUT2D eigenvalue weighted by Crippen LogP contribution is 2.19. The molecule has 1 N–H and O–H groups in total. The summed E-state index contributed by atoms with van der Waals surface area (Å²) >= 11 is 0. The summed E-state index contributed by atoms with van der Waals surface area (Å²) in [5.74, 6) is -0.115. The number of nitrogens with zero attached hydrogens (tertiary/aromatic N) is 2. The third kappa shape index (κ3) is 5.15. The molecule has 0 radical (unpaired) electrons. The van der Waals surface area contributed by atoms with Gasteiger partial charge in [0.05, 0.1) is 13.5 Å². The lowest BCUT2D eigenvalue weighted by Gasteiger charge is -2.05. The van der Waals surface area contributed by atoms with Gasteiger partial charge in [-0.25, -0.2) is 0 Å². The lowest BCUT2D eigenvalue weighted by molar-refractivity contribution is -0.146. The monoisotopic (exact) mass is 367 g/mol. The number of methoxy groups -OCH3 is 1. The SMILES string of the molecule is COc1ccc(CC(=O)OCC(=O)Nc2nnc(-c3ccccc3)o2)cc1. The average molecular weight is 367 g/mol. The van der Waals surface area contributed by atoms with Crippen molar-refractivity contribution in [1.82, 2.24) is 10.2 Å². The van der Waals surface area contributed by atoms with Crippen molar-refractivity contribution in [2.45, 2.75) is 6.42 Å².